The Balaban J connectivity index is 1.46. The fourth-order valence-electron chi connectivity index (χ4n) is 3.26. The number of rotatable bonds is 4. The van der Waals surface area contributed by atoms with Crippen molar-refractivity contribution in [2.45, 2.75) is 23.8 Å². The number of anilines is 2. The van der Waals surface area contributed by atoms with Crippen LogP contribution in [0.1, 0.15) is 12.8 Å². The van der Waals surface area contributed by atoms with Crippen LogP contribution in [-0.2, 0) is 17.1 Å². The van der Waals surface area contributed by atoms with E-state index >= 15 is 0 Å². The second-order valence-corrected chi connectivity index (χ2v) is 8.32. The molecule has 0 radical (unpaired) electrons. The van der Waals surface area contributed by atoms with E-state index in [0.717, 1.165) is 5.39 Å². The topological polar surface area (TPSA) is 119 Å². The molecule has 0 spiro atoms. The third-order valence-corrected chi connectivity index (χ3v) is 6.30. The van der Waals surface area contributed by atoms with Gasteiger partial charge in [-0.3, -0.25) is 4.68 Å². The first kappa shape index (κ1) is 17.7. The predicted octanol–water partition coefficient (Wildman–Crippen LogP) is 0.893. The van der Waals surface area contributed by atoms with E-state index < -0.39 is 10.0 Å². The Hall–Kier alpha value is -2.72. The second kappa shape index (κ2) is 6.78. The Kier molecular flexibility index (Phi) is 4.44. The highest BCUT2D eigenvalue weighted by atomic mass is 32.2. The highest BCUT2D eigenvalue weighted by molar-refractivity contribution is 7.89. The van der Waals surface area contributed by atoms with Crippen LogP contribution < -0.4 is 15.4 Å². The number of nitrogens with zero attached hydrogens (tertiary/aromatic N) is 5. The van der Waals surface area contributed by atoms with E-state index in [1.165, 1.54) is 0 Å². The summed E-state index contributed by atoms with van der Waals surface area (Å²) < 4.78 is 29.4. The maximum atomic E-state index is 12.5. The van der Waals surface area contributed by atoms with Crippen LogP contribution in [0, 0.1) is 0 Å². The van der Waals surface area contributed by atoms with Crippen LogP contribution in [0.5, 0.6) is 0 Å². The molecule has 27 heavy (non-hydrogen) atoms. The van der Waals surface area contributed by atoms with E-state index in [1.807, 2.05) is 11.9 Å². The van der Waals surface area contributed by atoms with Crippen LogP contribution >= 0.6 is 0 Å². The van der Waals surface area contributed by atoms with Crippen molar-refractivity contribution in [2.24, 2.45) is 7.05 Å². The number of sulfonamides is 1. The Morgan fingerprint density at radius 2 is 1.85 bits per heavy atom. The number of aryl methyl sites for hydroxylation is 1. The van der Waals surface area contributed by atoms with Gasteiger partial charge in [0.05, 0.1) is 16.5 Å². The van der Waals surface area contributed by atoms with E-state index in [9.17, 15) is 8.42 Å². The summed E-state index contributed by atoms with van der Waals surface area (Å²) in [6.45, 7) is 1.29. The molecule has 4 rings (SSSR count). The van der Waals surface area contributed by atoms with E-state index in [1.54, 1.807) is 41.2 Å². The molecule has 0 saturated carbocycles. The van der Waals surface area contributed by atoms with Gasteiger partial charge in [0.2, 0.25) is 16.0 Å². The zero-order valence-corrected chi connectivity index (χ0v) is 15.7. The van der Waals surface area contributed by atoms with Crippen molar-refractivity contribution in [3.8, 4) is 0 Å². The summed E-state index contributed by atoms with van der Waals surface area (Å²) in [5.74, 6) is 0.947. The summed E-state index contributed by atoms with van der Waals surface area (Å²) in [5, 5.41) is 4.89. The number of piperidine rings is 1. The van der Waals surface area contributed by atoms with E-state index in [2.05, 4.69) is 19.8 Å². The summed E-state index contributed by atoms with van der Waals surface area (Å²) in [7, 11) is -1.70. The van der Waals surface area contributed by atoms with E-state index in [-0.39, 0.29) is 10.9 Å². The van der Waals surface area contributed by atoms with Crippen LogP contribution in [0.25, 0.3) is 11.0 Å². The van der Waals surface area contributed by atoms with Crippen molar-refractivity contribution in [3.63, 3.8) is 0 Å². The normalized spacial score (nSPS) is 16.1. The van der Waals surface area contributed by atoms with Gasteiger partial charge in [0, 0.05) is 26.2 Å². The molecule has 9 nitrogen and oxygen atoms in total. The average Bonchev–Trinajstić information content (AvgIpc) is 3.04. The number of benzene rings is 1. The Bertz CT molecular complexity index is 1060. The van der Waals surface area contributed by atoms with Crippen LogP contribution in [0.15, 0.2) is 41.4 Å². The molecule has 0 unspecified atom stereocenters. The van der Waals surface area contributed by atoms with E-state index in [0.29, 0.717) is 43.3 Å². The van der Waals surface area contributed by atoms with Crippen LogP contribution in [0.3, 0.4) is 0 Å². The van der Waals surface area contributed by atoms with Crippen molar-refractivity contribution >= 4 is 32.8 Å². The molecule has 1 aliphatic rings. The van der Waals surface area contributed by atoms with Gasteiger partial charge in [0.25, 0.3) is 0 Å². The minimum atomic E-state index is -3.51. The third kappa shape index (κ3) is 3.45. The summed E-state index contributed by atoms with van der Waals surface area (Å²) in [6, 6.07) is 8.29. The monoisotopic (exact) mass is 387 g/mol. The molecule has 0 amide bonds. The highest BCUT2D eigenvalue weighted by Gasteiger charge is 2.26. The van der Waals surface area contributed by atoms with Gasteiger partial charge < -0.3 is 10.6 Å². The number of nitrogen functional groups attached to an aromatic ring is 1. The largest absolute Gasteiger partial charge is 0.383 e. The molecule has 0 bridgehead atoms. The molecular weight excluding hydrogens is 366 g/mol. The Morgan fingerprint density at radius 3 is 2.56 bits per heavy atom. The van der Waals surface area contributed by atoms with Crippen molar-refractivity contribution < 1.29 is 8.42 Å². The lowest BCUT2D eigenvalue weighted by atomic mass is 10.1. The standard InChI is InChI=1S/C17H21N7O2S/c1-23-16-14(11-19-23)15(18)20-17(21-16)24-9-7-12(8-10-24)22-27(25,26)13-5-3-2-4-6-13/h2-6,11-12,22H,7-10H2,1H3,(H2,18,20,21). The molecular formula is C17H21N7O2S. The number of aromatic nitrogens is 4. The molecule has 3 aromatic rings. The second-order valence-electron chi connectivity index (χ2n) is 6.61. The van der Waals surface area contributed by atoms with Crippen molar-refractivity contribution in [1.29, 1.82) is 0 Å². The van der Waals surface area contributed by atoms with Gasteiger partial charge in [0.1, 0.15) is 5.82 Å². The van der Waals surface area contributed by atoms with Gasteiger partial charge in [-0.1, -0.05) is 18.2 Å². The maximum Gasteiger partial charge on any atom is 0.240 e. The van der Waals surface area contributed by atoms with Gasteiger partial charge >= 0.3 is 0 Å². The van der Waals surface area contributed by atoms with Crippen LogP contribution in [0.2, 0.25) is 0 Å². The molecule has 0 atom stereocenters. The summed E-state index contributed by atoms with van der Waals surface area (Å²) in [5.41, 5.74) is 6.71. The fourth-order valence-corrected chi connectivity index (χ4v) is 4.58. The molecule has 3 N–H and O–H groups in total. The first-order valence-electron chi connectivity index (χ1n) is 8.71. The first-order chi connectivity index (χ1) is 12.9. The summed E-state index contributed by atoms with van der Waals surface area (Å²) in [6.07, 6.45) is 2.98. The molecule has 1 aliphatic heterocycles. The lowest BCUT2D eigenvalue weighted by Crippen LogP contribution is -2.45. The first-order valence-corrected chi connectivity index (χ1v) is 10.2. The Labute approximate surface area is 157 Å². The maximum absolute atomic E-state index is 12.5. The molecule has 2 aromatic heterocycles. The molecule has 1 aromatic carbocycles. The SMILES string of the molecule is Cn1ncc2c(N)nc(N3CCC(NS(=O)(=O)c4ccccc4)CC3)nc21. The van der Waals surface area contributed by atoms with Crippen molar-refractivity contribution in [1.82, 2.24) is 24.5 Å². The zero-order chi connectivity index (χ0) is 19.0. The van der Waals surface area contributed by atoms with Crippen molar-refractivity contribution in [3.05, 3.63) is 36.5 Å². The zero-order valence-electron chi connectivity index (χ0n) is 14.9. The van der Waals surface area contributed by atoms with E-state index in [4.69, 9.17) is 5.73 Å². The lowest BCUT2D eigenvalue weighted by Gasteiger charge is -2.32. The third-order valence-electron chi connectivity index (χ3n) is 4.76. The van der Waals surface area contributed by atoms with Gasteiger partial charge in [-0.15, -0.1) is 0 Å². The van der Waals surface area contributed by atoms with Crippen LogP contribution in [-0.4, -0.2) is 47.3 Å². The summed E-state index contributed by atoms with van der Waals surface area (Å²) in [4.78, 5) is 11.3. The average molecular weight is 387 g/mol. The van der Waals surface area contributed by atoms with Crippen LogP contribution in [0.4, 0.5) is 11.8 Å². The quantitative estimate of drug-likeness (QED) is 0.682. The molecule has 0 aliphatic carbocycles. The van der Waals surface area contributed by atoms with Gasteiger partial charge in [0.15, 0.2) is 5.65 Å². The predicted molar refractivity (Wildman–Crippen MR) is 103 cm³/mol. The highest BCUT2D eigenvalue weighted by Crippen LogP contribution is 2.23. The molecule has 1 fully saturated rings. The molecule has 142 valence electrons. The molecule has 3 heterocycles. The Morgan fingerprint density at radius 1 is 1.15 bits per heavy atom. The number of nitrogens with two attached hydrogens (primary N) is 1. The number of nitrogens with one attached hydrogen (secondary N) is 1. The smallest absolute Gasteiger partial charge is 0.240 e. The van der Waals surface area contributed by atoms with Gasteiger partial charge in [-0.25, -0.2) is 13.1 Å². The van der Waals surface area contributed by atoms with Gasteiger partial charge in [-0.2, -0.15) is 15.1 Å². The van der Waals surface area contributed by atoms with Gasteiger partial charge in [-0.05, 0) is 25.0 Å². The minimum absolute atomic E-state index is 0.121. The summed E-state index contributed by atoms with van der Waals surface area (Å²) >= 11 is 0. The minimum Gasteiger partial charge on any atom is -0.383 e. The molecule has 10 heteroatoms. The molecule has 1 saturated heterocycles. The number of hydrogen-bond acceptors (Lipinski definition) is 7. The fraction of sp³-hybridized carbons (Fsp3) is 0.353. The lowest BCUT2D eigenvalue weighted by molar-refractivity contribution is 0.456. The number of fused-ring (bicyclic) bond motifs is 1. The van der Waals surface area contributed by atoms with Crippen molar-refractivity contribution in [2.75, 3.05) is 23.7 Å². The number of hydrogen-bond donors (Lipinski definition) is 2.